The van der Waals surface area contributed by atoms with Crippen molar-refractivity contribution in [1.29, 1.82) is 0 Å². The van der Waals surface area contributed by atoms with Crippen molar-refractivity contribution in [2.75, 3.05) is 6.54 Å². The lowest BCUT2D eigenvalue weighted by Gasteiger charge is -2.43. The molecule has 2 rings (SSSR count). The molecule has 1 aliphatic rings. The first-order chi connectivity index (χ1) is 6.83. The molecule has 1 nitrogen and oxygen atoms in total. The highest BCUT2D eigenvalue weighted by molar-refractivity contribution is 5.24. The first-order valence-corrected chi connectivity index (χ1v) is 5.61. The van der Waals surface area contributed by atoms with Gasteiger partial charge in [-0.15, -0.1) is 0 Å². The molecule has 0 aliphatic heterocycles. The third kappa shape index (κ3) is 1.69. The van der Waals surface area contributed by atoms with Gasteiger partial charge in [-0.25, -0.2) is 0 Å². The molecule has 1 aromatic rings. The Kier molecular flexibility index (Phi) is 2.87. The van der Waals surface area contributed by atoms with Gasteiger partial charge in [-0.05, 0) is 30.4 Å². The van der Waals surface area contributed by atoms with E-state index in [0.29, 0.717) is 0 Å². The number of rotatable bonds is 3. The van der Waals surface area contributed by atoms with Crippen LogP contribution in [0.1, 0.15) is 31.7 Å². The fraction of sp³-hybridized carbons (Fsp3) is 0.538. The molecule has 1 heteroatoms. The molecule has 0 heterocycles. The lowest BCUT2D eigenvalue weighted by Crippen LogP contribution is -2.47. The maximum Gasteiger partial charge on any atom is 0.0104 e. The van der Waals surface area contributed by atoms with E-state index in [9.17, 15) is 0 Å². The maximum atomic E-state index is 3.53. The topological polar surface area (TPSA) is 12.0 Å². The fourth-order valence-electron chi connectivity index (χ4n) is 2.46. The Bertz CT molecular complexity index is 281. The van der Waals surface area contributed by atoms with E-state index in [1.54, 1.807) is 0 Å². The highest BCUT2D eigenvalue weighted by Crippen LogP contribution is 2.42. The molecule has 1 N–H and O–H groups in total. The van der Waals surface area contributed by atoms with E-state index in [4.69, 9.17) is 0 Å². The highest BCUT2D eigenvalue weighted by atomic mass is 14.9. The molecule has 1 saturated carbocycles. The van der Waals surface area contributed by atoms with E-state index >= 15 is 0 Å². The molecule has 0 saturated heterocycles. The smallest absolute Gasteiger partial charge is 0.0104 e. The summed E-state index contributed by atoms with van der Waals surface area (Å²) in [6.45, 7) is 5.63. The summed E-state index contributed by atoms with van der Waals surface area (Å²) in [5.74, 6) is 1.57. The molecule has 1 aromatic carbocycles. The number of hydrogen-bond donors (Lipinski definition) is 1. The van der Waals surface area contributed by atoms with Gasteiger partial charge in [0.2, 0.25) is 0 Å². The van der Waals surface area contributed by atoms with Crippen molar-refractivity contribution in [1.82, 2.24) is 5.32 Å². The van der Waals surface area contributed by atoms with Crippen molar-refractivity contribution in [3.05, 3.63) is 35.9 Å². The monoisotopic (exact) mass is 189 g/mol. The normalized spacial score (nSPS) is 31.1. The van der Waals surface area contributed by atoms with E-state index in [2.05, 4.69) is 49.5 Å². The molecule has 0 bridgehead atoms. The van der Waals surface area contributed by atoms with Gasteiger partial charge in [0, 0.05) is 6.04 Å². The van der Waals surface area contributed by atoms with Crippen LogP contribution in [-0.4, -0.2) is 12.6 Å². The summed E-state index contributed by atoms with van der Waals surface area (Å²) in [5, 5.41) is 3.53. The minimum atomic E-state index is 0.741. The largest absolute Gasteiger partial charge is 0.314 e. The first-order valence-electron chi connectivity index (χ1n) is 5.61. The van der Waals surface area contributed by atoms with E-state index in [-0.39, 0.29) is 0 Å². The molecule has 14 heavy (non-hydrogen) atoms. The van der Waals surface area contributed by atoms with Crippen LogP contribution in [0.25, 0.3) is 0 Å². The third-order valence-electron chi connectivity index (χ3n) is 3.47. The second-order valence-corrected chi connectivity index (χ2v) is 4.28. The molecule has 1 fully saturated rings. The minimum absolute atomic E-state index is 0.741. The van der Waals surface area contributed by atoms with Gasteiger partial charge in [0.25, 0.3) is 0 Å². The summed E-state index contributed by atoms with van der Waals surface area (Å²) in [6, 6.07) is 11.6. The number of nitrogens with one attached hydrogen (secondary N) is 1. The zero-order chi connectivity index (χ0) is 9.97. The molecule has 1 aliphatic carbocycles. The van der Waals surface area contributed by atoms with Gasteiger partial charge in [-0.2, -0.15) is 0 Å². The zero-order valence-electron chi connectivity index (χ0n) is 9.03. The van der Waals surface area contributed by atoms with Crippen molar-refractivity contribution < 1.29 is 0 Å². The zero-order valence-corrected chi connectivity index (χ0v) is 9.03. The molecule has 0 aromatic heterocycles. The van der Waals surface area contributed by atoms with Crippen molar-refractivity contribution in [2.24, 2.45) is 5.92 Å². The first kappa shape index (κ1) is 9.72. The van der Waals surface area contributed by atoms with Gasteiger partial charge in [-0.3, -0.25) is 0 Å². The van der Waals surface area contributed by atoms with Crippen LogP contribution in [0.5, 0.6) is 0 Å². The second kappa shape index (κ2) is 4.14. The van der Waals surface area contributed by atoms with Crippen LogP contribution in [0.3, 0.4) is 0 Å². The van der Waals surface area contributed by atoms with Crippen molar-refractivity contribution in [2.45, 2.75) is 32.2 Å². The average Bonchev–Trinajstić information content (AvgIpc) is 2.24. The molecule has 0 spiro atoms. The Morgan fingerprint density at radius 1 is 1.29 bits per heavy atom. The van der Waals surface area contributed by atoms with Gasteiger partial charge < -0.3 is 5.32 Å². The summed E-state index contributed by atoms with van der Waals surface area (Å²) >= 11 is 0. The summed E-state index contributed by atoms with van der Waals surface area (Å²) in [6.07, 6.45) is 1.30. The molecule has 0 radical (unpaired) electrons. The van der Waals surface area contributed by atoms with E-state index in [1.165, 1.54) is 12.0 Å². The molecular formula is C13H19N. The van der Waals surface area contributed by atoms with Crippen LogP contribution in [0.2, 0.25) is 0 Å². The summed E-state index contributed by atoms with van der Waals surface area (Å²) in [5.41, 5.74) is 1.51. The van der Waals surface area contributed by atoms with E-state index in [1.807, 2.05) is 0 Å². The standard InChI is InChI=1S/C13H19N/c1-3-14-13-9-12(10(13)2)11-7-5-4-6-8-11/h4-8,10,12-14H,3,9H2,1-2H3. The van der Waals surface area contributed by atoms with Gasteiger partial charge >= 0.3 is 0 Å². The van der Waals surface area contributed by atoms with Crippen LogP contribution in [0, 0.1) is 5.92 Å². The van der Waals surface area contributed by atoms with Gasteiger partial charge in [0.15, 0.2) is 0 Å². The quantitative estimate of drug-likeness (QED) is 0.771. The SMILES string of the molecule is CCNC1CC(c2ccccc2)C1C. The second-order valence-electron chi connectivity index (χ2n) is 4.28. The summed E-state index contributed by atoms with van der Waals surface area (Å²) < 4.78 is 0. The van der Waals surface area contributed by atoms with Crippen LogP contribution in [0.4, 0.5) is 0 Å². The Morgan fingerprint density at radius 2 is 2.00 bits per heavy atom. The Labute approximate surface area is 86.5 Å². The predicted octanol–water partition coefficient (Wildman–Crippen LogP) is 2.79. The third-order valence-corrected chi connectivity index (χ3v) is 3.47. The molecule has 76 valence electrons. The predicted molar refractivity (Wildman–Crippen MR) is 60.4 cm³/mol. The Morgan fingerprint density at radius 3 is 2.57 bits per heavy atom. The van der Waals surface area contributed by atoms with Crippen LogP contribution in [0.15, 0.2) is 30.3 Å². The number of hydrogen-bond acceptors (Lipinski definition) is 1. The summed E-state index contributed by atoms with van der Waals surface area (Å²) in [4.78, 5) is 0. The molecule has 3 unspecified atom stereocenters. The average molecular weight is 189 g/mol. The molecule has 3 atom stereocenters. The van der Waals surface area contributed by atoms with E-state index < -0.39 is 0 Å². The Hall–Kier alpha value is -0.820. The highest BCUT2D eigenvalue weighted by Gasteiger charge is 2.37. The summed E-state index contributed by atoms with van der Waals surface area (Å²) in [7, 11) is 0. The Balaban J connectivity index is 1.98. The minimum Gasteiger partial charge on any atom is -0.314 e. The molecular weight excluding hydrogens is 170 g/mol. The van der Waals surface area contributed by atoms with Crippen LogP contribution >= 0.6 is 0 Å². The van der Waals surface area contributed by atoms with Crippen molar-refractivity contribution >= 4 is 0 Å². The van der Waals surface area contributed by atoms with Crippen molar-refractivity contribution in [3.63, 3.8) is 0 Å². The van der Waals surface area contributed by atoms with Crippen LogP contribution in [-0.2, 0) is 0 Å². The lowest BCUT2D eigenvalue weighted by molar-refractivity contribution is 0.187. The maximum absolute atomic E-state index is 3.53. The lowest BCUT2D eigenvalue weighted by atomic mass is 9.67. The molecule has 0 amide bonds. The van der Waals surface area contributed by atoms with Gasteiger partial charge in [0.05, 0.1) is 0 Å². The van der Waals surface area contributed by atoms with Crippen LogP contribution < -0.4 is 5.32 Å². The fourth-order valence-corrected chi connectivity index (χ4v) is 2.46. The van der Waals surface area contributed by atoms with Gasteiger partial charge in [0.1, 0.15) is 0 Å². The van der Waals surface area contributed by atoms with E-state index in [0.717, 1.165) is 24.4 Å². The number of benzene rings is 1. The van der Waals surface area contributed by atoms with Gasteiger partial charge in [-0.1, -0.05) is 44.2 Å². The van der Waals surface area contributed by atoms with Crippen molar-refractivity contribution in [3.8, 4) is 0 Å².